The van der Waals surface area contributed by atoms with Gasteiger partial charge in [-0.1, -0.05) is 19.1 Å². The number of carbonyl (C=O) groups excluding carboxylic acids is 1. The first-order valence-electron chi connectivity index (χ1n) is 10.7. The van der Waals surface area contributed by atoms with Crippen molar-refractivity contribution in [2.45, 2.75) is 38.6 Å². The Morgan fingerprint density at radius 2 is 1.86 bits per heavy atom. The van der Waals surface area contributed by atoms with Crippen molar-refractivity contribution in [1.29, 1.82) is 0 Å². The van der Waals surface area contributed by atoms with E-state index in [9.17, 15) is 9.18 Å². The van der Waals surface area contributed by atoms with Gasteiger partial charge in [0, 0.05) is 38.8 Å². The number of piperazine rings is 1. The monoisotopic (exact) mass is 396 g/mol. The second kappa shape index (κ2) is 8.80. The van der Waals surface area contributed by atoms with E-state index in [-0.39, 0.29) is 11.7 Å². The molecule has 0 spiro atoms. The normalized spacial score (nSPS) is 20.1. The van der Waals surface area contributed by atoms with Crippen molar-refractivity contribution in [1.82, 2.24) is 9.88 Å². The summed E-state index contributed by atoms with van der Waals surface area (Å²) in [5.74, 6) is -0.261. The highest BCUT2D eigenvalue weighted by Gasteiger charge is 2.25. The van der Waals surface area contributed by atoms with Gasteiger partial charge in [-0.25, -0.2) is 9.37 Å². The fourth-order valence-electron chi connectivity index (χ4n) is 4.47. The van der Waals surface area contributed by atoms with Crippen molar-refractivity contribution in [3.8, 4) is 0 Å². The van der Waals surface area contributed by atoms with Crippen LogP contribution in [0.5, 0.6) is 0 Å². The number of nitrogens with zero attached hydrogens (tertiary/aromatic N) is 4. The maximum absolute atomic E-state index is 14.0. The predicted molar refractivity (Wildman–Crippen MR) is 114 cm³/mol. The molecule has 1 aromatic heterocycles. The van der Waals surface area contributed by atoms with Crippen LogP contribution >= 0.6 is 0 Å². The molecule has 1 atom stereocenters. The minimum atomic E-state index is -0.215. The average Bonchev–Trinajstić information content (AvgIpc) is 2.79. The summed E-state index contributed by atoms with van der Waals surface area (Å²) >= 11 is 0. The van der Waals surface area contributed by atoms with E-state index in [4.69, 9.17) is 0 Å². The largest absolute Gasteiger partial charge is 0.367 e. The SMILES string of the molecule is CCC1CCCCN1c1ccc(C(=O)N2CCN(c3ccccc3F)CC2)nc1. The van der Waals surface area contributed by atoms with Crippen molar-refractivity contribution < 1.29 is 9.18 Å². The zero-order valence-electron chi connectivity index (χ0n) is 17.1. The maximum Gasteiger partial charge on any atom is 0.272 e. The van der Waals surface area contributed by atoms with Crippen molar-refractivity contribution in [2.24, 2.45) is 0 Å². The predicted octanol–water partition coefficient (Wildman–Crippen LogP) is 3.95. The van der Waals surface area contributed by atoms with E-state index in [0.29, 0.717) is 43.6 Å². The molecule has 2 fully saturated rings. The van der Waals surface area contributed by atoms with Gasteiger partial charge in [-0.15, -0.1) is 0 Å². The summed E-state index contributed by atoms with van der Waals surface area (Å²) in [4.78, 5) is 23.6. The number of hydrogen-bond donors (Lipinski definition) is 0. The molecular formula is C23H29FN4O. The Balaban J connectivity index is 1.38. The Bertz CT molecular complexity index is 833. The van der Waals surface area contributed by atoms with Gasteiger partial charge < -0.3 is 14.7 Å². The van der Waals surface area contributed by atoms with Crippen LogP contribution in [0.1, 0.15) is 43.1 Å². The standard InChI is InChI=1S/C23H29FN4O/c1-2-18-7-5-6-12-28(18)19-10-11-21(25-17-19)23(29)27-15-13-26(14-16-27)22-9-4-3-8-20(22)24/h3-4,8-11,17-18H,2,5-7,12-16H2,1H3. The van der Waals surface area contributed by atoms with E-state index >= 15 is 0 Å². The van der Waals surface area contributed by atoms with Crippen molar-refractivity contribution in [3.63, 3.8) is 0 Å². The molecule has 6 heteroatoms. The minimum Gasteiger partial charge on any atom is -0.367 e. The summed E-state index contributed by atoms with van der Waals surface area (Å²) in [5, 5.41) is 0. The summed E-state index contributed by atoms with van der Waals surface area (Å²) in [6, 6.07) is 11.2. The second-order valence-corrected chi connectivity index (χ2v) is 7.88. The molecule has 3 heterocycles. The van der Waals surface area contributed by atoms with Crippen LogP contribution < -0.4 is 9.80 Å². The van der Waals surface area contributed by atoms with E-state index in [1.54, 1.807) is 12.1 Å². The van der Waals surface area contributed by atoms with Crippen molar-refractivity contribution in [2.75, 3.05) is 42.5 Å². The molecule has 1 unspecified atom stereocenters. The van der Waals surface area contributed by atoms with Gasteiger partial charge in [-0.2, -0.15) is 0 Å². The number of halogens is 1. The molecule has 2 aliphatic heterocycles. The molecule has 0 aliphatic carbocycles. The van der Waals surface area contributed by atoms with Crippen LogP contribution in [-0.2, 0) is 0 Å². The third-order valence-electron chi connectivity index (χ3n) is 6.16. The van der Waals surface area contributed by atoms with E-state index in [1.807, 2.05) is 34.2 Å². The van der Waals surface area contributed by atoms with Crippen LogP contribution in [0, 0.1) is 5.82 Å². The number of aromatic nitrogens is 1. The average molecular weight is 397 g/mol. The molecule has 5 nitrogen and oxygen atoms in total. The number of hydrogen-bond acceptors (Lipinski definition) is 4. The van der Waals surface area contributed by atoms with Crippen LogP contribution in [0.15, 0.2) is 42.6 Å². The summed E-state index contributed by atoms with van der Waals surface area (Å²) in [6.45, 7) is 5.68. The van der Waals surface area contributed by atoms with E-state index in [0.717, 1.165) is 18.7 Å². The number of para-hydroxylation sites is 1. The highest BCUT2D eigenvalue weighted by molar-refractivity contribution is 5.92. The third kappa shape index (κ3) is 4.21. The highest BCUT2D eigenvalue weighted by atomic mass is 19.1. The molecule has 2 aromatic rings. The Morgan fingerprint density at radius 3 is 2.55 bits per heavy atom. The third-order valence-corrected chi connectivity index (χ3v) is 6.16. The van der Waals surface area contributed by atoms with E-state index in [2.05, 4.69) is 16.8 Å². The lowest BCUT2D eigenvalue weighted by Gasteiger charge is -2.37. The van der Waals surface area contributed by atoms with Gasteiger partial charge in [0.25, 0.3) is 5.91 Å². The zero-order valence-corrected chi connectivity index (χ0v) is 17.1. The molecule has 0 saturated carbocycles. The first-order chi connectivity index (χ1) is 14.2. The molecule has 1 amide bonds. The van der Waals surface area contributed by atoms with Gasteiger partial charge in [0.2, 0.25) is 0 Å². The first-order valence-corrected chi connectivity index (χ1v) is 10.7. The molecular weight excluding hydrogens is 367 g/mol. The molecule has 0 N–H and O–H groups in total. The van der Waals surface area contributed by atoms with E-state index in [1.165, 1.54) is 25.3 Å². The number of benzene rings is 1. The zero-order chi connectivity index (χ0) is 20.2. The lowest BCUT2D eigenvalue weighted by Crippen LogP contribution is -2.49. The summed E-state index contributed by atoms with van der Waals surface area (Å²) < 4.78 is 14.0. The fraction of sp³-hybridized carbons (Fsp3) is 0.478. The summed E-state index contributed by atoms with van der Waals surface area (Å²) in [6.07, 6.45) is 6.70. The van der Waals surface area contributed by atoms with Crippen molar-refractivity contribution >= 4 is 17.3 Å². The Labute approximate surface area is 172 Å². The Morgan fingerprint density at radius 1 is 1.07 bits per heavy atom. The number of anilines is 2. The molecule has 0 bridgehead atoms. The lowest BCUT2D eigenvalue weighted by atomic mass is 9.99. The van der Waals surface area contributed by atoms with E-state index < -0.39 is 0 Å². The summed E-state index contributed by atoms with van der Waals surface area (Å²) in [7, 11) is 0. The van der Waals surface area contributed by atoms with Gasteiger partial charge in [0.1, 0.15) is 11.5 Å². The van der Waals surface area contributed by atoms with Gasteiger partial charge >= 0.3 is 0 Å². The fourth-order valence-corrected chi connectivity index (χ4v) is 4.47. The first kappa shape index (κ1) is 19.7. The van der Waals surface area contributed by atoms with Gasteiger partial charge in [0.15, 0.2) is 0 Å². The van der Waals surface area contributed by atoms with Crippen LogP contribution in [-0.4, -0.2) is 54.6 Å². The minimum absolute atomic E-state index is 0.0459. The molecule has 1 aromatic carbocycles. The molecule has 2 aliphatic rings. The van der Waals surface area contributed by atoms with Crippen molar-refractivity contribution in [3.05, 3.63) is 54.1 Å². The molecule has 0 radical (unpaired) electrons. The topological polar surface area (TPSA) is 39.7 Å². The lowest BCUT2D eigenvalue weighted by molar-refractivity contribution is 0.0741. The molecule has 29 heavy (non-hydrogen) atoms. The van der Waals surface area contributed by atoms with Crippen LogP contribution in [0.4, 0.5) is 15.8 Å². The smallest absolute Gasteiger partial charge is 0.272 e. The van der Waals surface area contributed by atoms with Gasteiger partial charge in [-0.05, 0) is 49.9 Å². The van der Waals surface area contributed by atoms with Gasteiger partial charge in [0.05, 0.1) is 17.6 Å². The second-order valence-electron chi connectivity index (χ2n) is 7.88. The molecule has 2 saturated heterocycles. The molecule has 4 rings (SSSR count). The van der Waals surface area contributed by atoms with Crippen LogP contribution in [0.25, 0.3) is 0 Å². The van der Waals surface area contributed by atoms with Crippen LogP contribution in [0.2, 0.25) is 0 Å². The maximum atomic E-state index is 14.0. The number of piperidine rings is 1. The number of carbonyl (C=O) groups is 1. The Kier molecular flexibility index (Phi) is 5.97. The van der Waals surface area contributed by atoms with Crippen LogP contribution in [0.3, 0.4) is 0 Å². The van der Waals surface area contributed by atoms with Gasteiger partial charge in [-0.3, -0.25) is 4.79 Å². The highest BCUT2D eigenvalue weighted by Crippen LogP contribution is 2.26. The number of pyridine rings is 1. The summed E-state index contributed by atoms with van der Waals surface area (Å²) in [5.41, 5.74) is 2.20. The number of amides is 1. The quantitative estimate of drug-likeness (QED) is 0.785. The Hall–Kier alpha value is -2.63. The molecule has 154 valence electrons. The number of rotatable bonds is 4.